The number of amides is 2. The minimum atomic E-state index is -0.181. The number of likely N-dealkylation sites (tertiary alicyclic amines) is 1. The molecule has 4 rings (SSSR count). The Hall–Kier alpha value is -2.29. The number of aromatic nitrogens is 1. The number of hydrogen-bond donors (Lipinski definition) is 2. The van der Waals surface area contributed by atoms with Crippen LogP contribution in [0.1, 0.15) is 46.7 Å². The van der Waals surface area contributed by atoms with Crippen molar-refractivity contribution in [1.82, 2.24) is 15.2 Å². The highest BCUT2D eigenvalue weighted by molar-refractivity contribution is 7.09. The highest BCUT2D eigenvalue weighted by Gasteiger charge is 2.26. The van der Waals surface area contributed by atoms with E-state index in [1.54, 1.807) is 23.5 Å². The summed E-state index contributed by atoms with van der Waals surface area (Å²) in [5.41, 5.74) is 2.16. The summed E-state index contributed by atoms with van der Waals surface area (Å²) < 4.78 is 5.57. The molecule has 0 saturated carbocycles. The minimum Gasteiger partial charge on any atom is -0.376 e. The molecular formula is C23H30N4O3S. The van der Waals surface area contributed by atoms with E-state index in [4.69, 9.17) is 4.74 Å². The first-order valence-electron chi connectivity index (χ1n) is 11.0. The molecule has 2 fully saturated rings. The summed E-state index contributed by atoms with van der Waals surface area (Å²) in [4.78, 5) is 32.4. The molecule has 2 aliphatic heterocycles. The molecule has 0 spiro atoms. The molecule has 2 aromatic rings. The predicted molar refractivity (Wildman–Crippen MR) is 121 cm³/mol. The van der Waals surface area contributed by atoms with Crippen molar-refractivity contribution in [2.24, 2.45) is 5.92 Å². The van der Waals surface area contributed by atoms with E-state index in [2.05, 4.69) is 25.9 Å². The molecule has 2 N–H and O–H groups in total. The van der Waals surface area contributed by atoms with Crippen molar-refractivity contribution in [3.8, 4) is 0 Å². The molecule has 1 atom stereocenters. The molecule has 3 heterocycles. The number of hydrogen-bond acceptors (Lipinski definition) is 6. The average Bonchev–Trinajstić information content (AvgIpc) is 3.44. The van der Waals surface area contributed by atoms with E-state index in [0.29, 0.717) is 17.8 Å². The number of benzene rings is 1. The molecule has 2 amide bonds. The van der Waals surface area contributed by atoms with E-state index in [0.717, 1.165) is 62.6 Å². The van der Waals surface area contributed by atoms with Crippen LogP contribution in [-0.4, -0.2) is 54.0 Å². The average molecular weight is 443 g/mol. The predicted octanol–water partition coefficient (Wildman–Crippen LogP) is 3.21. The highest BCUT2D eigenvalue weighted by atomic mass is 32.1. The van der Waals surface area contributed by atoms with Crippen LogP contribution in [0, 0.1) is 12.8 Å². The quantitative estimate of drug-likeness (QED) is 0.688. The number of anilines is 1. The van der Waals surface area contributed by atoms with E-state index in [9.17, 15) is 9.59 Å². The van der Waals surface area contributed by atoms with Crippen molar-refractivity contribution in [3.63, 3.8) is 0 Å². The van der Waals surface area contributed by atoms with Gasteiger partial charge in [0, 0.05) is 31.0 Å². The largest absolute Gasteiger partial charge is 0.376 e. The molecule has 1 aromatic carbocycles. The van der Waals surface area contributed by atoms with Crippen LogP contribution in [0.3, 0.4) is 0 Å². The smallest absolute Gasteiger partial charge is 0.253 e. The lowest BCUT2D eigenvalue weighted by atomic mass is 9.95. The van der Waals surface area contributed by atoms with Crippen molar-refractivity contribution in [3.05, 3.63) is 45.9 Å². The fraction of sp³-hybridized carbons (Fsp3) is 0.522. The number of piperidine rings is 1. The van der Waals surface area contributed by atoms with Gasteiger partial charge in [0.1, 0.15) is 0 Å². The second-order valence-electron chi connectivity index (χ2n) is 8.29. The number of carbonyl (C=O) groups is 2. The SMILES string of the molecule is Cc1nc(CN2CCC(C(=O)Nc3ccccc3C(=O)NCC3CCCO3)CC2)cs1. The van der Waals surface area contributed by atoms with E-state index < -0.39 is 0 Å². The molecule has 8 heteroatoms. The van der Waals surface area contributed by atoms with Crippen molar-refractivity contribution >= 4 is 28.8 Å². The molecule has 31 heavy (non-hydrogen) atoms. The van der Waals surface area contributed by atoms with Crippen LogP contribution in [-0.2, 0) is 16.1 Å². The van der Waals surface area contributed by atoms with Crippen LogP contribution in [0.15, 0.2) is 29.6 Å². The lowest BCUT2D eigenvalue weighted by Gasteiger charge is -2.30. The van der Waals surface area contributed by atoms with E-state index in [1.165, 1.54) is 0 Å². The fourth-order valence-electron chi connectivity index (χ4n) is 4.20. The number of nitrogens with zero attached hydrogens (tertiary/aromatic N) is 2. The highest BCUT2D eigenvalue weighted by Crippen LogP contribution is 2.23. The molecule has 0 radical (unpaired) electrons. The van der Waals surface area contributed by atoms with Crippen LogP contribution in [0.2, 0.25) is 0 Å². The Morgan fingerprint density at radius 1 is 1.23 bits per heavy atom. The van der Waals surface area contributed by atoms with Crippen molar-refractivity contribution in [2.45, 2.75) is 45.3 Å². The Labute approximate surface area is 187 Å². The topological polar surface area (TPSA) is 83.6 Å². The van der Waals surface area contributed by atoms with Gasteiger partial charge in [-0.25, -0.2) is 4.98 Å². The van der Waals surface area contributed by atoms with Crippen LogP contribution < -0.4 is 10.6 Å². The zero-order valence-corrected chi connectivity index (χ0v) is 18.7. The Bertz CT molecular complexity index is 902. The Kier molecular flexibility index (Phi) is 7.32. The van der Waals surface area contributed by atoms with Crippen LogP contribution in [0.4, 0.5) is 5.69 Å². The number of nitrogens with one attached hydrogen (secondary N) is 2. The maximum atomic E-state index is 12.9. The van der Waals surface area contributed by atoms with Gasteiger partial charge in [0.2, 0.25) is 5.91 Å². The van der Waals surface area contributed by atoms with E-state index >= 15 is 0 Å². The summed E-state index contributed by atoms with van der Waals surface area (Å²) in [6.07, 6.45) is 3.71. The summed E-state index contributed by atoms with van der Waals surface area (Å²) in [6, 6.07) is 7.19. The maximum Gasteiger partial charge on any atom is 0.253 e. The first kappa shape index (κ1) is 21.9. The summed E-state index contributed by atoms with van der Waals surface area (Å²) in [6.45, 7) is 5.86. The van der Waals surface area contributed by atoms with Gasteiger partial charge in [0.25, 0.3) is 5.91 Å². The third-order valence-corrected chi connectivity index (χ3v) is 6.78. The third-order valence-electron chi connectivity index (χ3n) is 5.95. The maximum absolute atomic E-state index is 12.9. The number of aryl methyl sites for hydroxylation is 1. The molecule has 0 bridgehead atoms. The number of carbonyl (C=O) groups excluding carboxylic acids is 2. The standard InChI is InChI=1S/C23H30N4O3S/c1-16-25-18(15-31-16)14-27-10-8-17(9-11-27)22(28)26-21-7-3-2-6-20(21)23(29)24-13-19-5-4-12-30-19/h2-3,6-7,15,17,19H,4-5,8-14H2,1H3,(H,24,29)(H,26,28). The van der Waals surface area contributed by atoms with Gasteiger partial charge in [-0.2, -0.15) is 0 Å². The third kappa shape index (κ3) is 5.90. The minimum absolute atomic E-state index is 0.0106. The van der Waals surface area contributed by atoms with Gasteiger partial charge < -0.3 is 15.4 Å². The fourth-order valence-corrected chi connectivity index (χ4v) is 4.80. The van der Waals surface area contributed by atoms with Crippen LogP contribution >= 0.6 is 11.3 Å². The lowest BCUT2D eigenvalue weighted by Crippen LogP contribution is -2.38. The first-order chi connectivity index (χ1) is 15.1. The molecular weight excluding hydrogens is 412 g/mol. The summed E-state index contributed by atoms with van der Waals surface area (Å²) in [5, 5.41) is 9.13. The number of thiazole rings is 1. The summed E-state index contributed by atoms with van der Waals surface area (Å²) >= 11 is 1.67. The van der Waals surface area contributed by atoms with Crippen LogP contribution in [0.25, 0.3) is 0 Å². The first-order valence-corrected chi connectivity index (χ1v) is 11.9. The van der Waals surface area contributed by atoms with Gasteiger partial charge in [0.05, 0.1) is 28.1 Å². The molecule has 2 saturated heterocycles. The molecule has 166 valence electrons. The van der Waals surface area contributed by atoms with Gasteiger partial charge in [-0.1, -0.05) is 12.1 Å². The van der Waals surface area contributed by atoms with Crippen molar-refractivity contribution in [1.29, 1.82) is 0 Å². The second-order valence-corrected chi connectivity index (χ2v) is 9.35. The summed E-state index contributed by atoms with van der Waals surface area (Å²) in [5.74, 6) is -0.236. The zero-order valence-electron chi connectivity index (χ0n) is 17.9. The lowest BCUT2D eigenvalue weighted by molar-refractivity contribution is -0.121. The number of para-hydroxylation sites is 1. The van der Waals surface area contributed by atoms with Gasteiger partial charge in [-0.05, 0) is 57.8 Å². The molecule has 1 aromatic heterocycles. The van der Waals surface area contributed by atoms with Gasteiger partial charge in [-0.3, -0.25) is 14.5 Å². The van der Waals surface area contributed by atoms with Crippen molar-refractivity contribution < 1.29 is 14.3 Å². The Morgan fingerprint density at radius 3 is 2.74 bits per heavy atom. The van der Waals surface area contributed by atoms with E-state index in [-0.39, 0.29) is 23.8 Å². The van der Waals surface area contributed by atoms with Gasteiger partial charge in [0.15, 0.2) is 0 Å². The van der Waals surface area contributed by atoms with Crippen LogP contribution in [0.5, 0.6) is 0 Å². The number of ether oxygens (including phenoxy) is 1. The monoisotopic (exact) mass is 442 g/mol. The molecule has 1 unspecified atom stereocenters. The van der Waals surface area contributed by atoms with E-state index in [1.807, 2.05) is 19.1 Å². The second kappa shape index (κ2) is 10.3. The molecule has 0 aliphatic carbocycles. The zero-order chi connectivity index (χ0) is 21.6. The summed E-state index contributed by atoms with van der Waals surface area (Å²) in [7, 11) is 0. The van der Waals surface area contributed by atoms with Gasteiger partial charge >= 0.3 is 0 Å². The normalized spacial score (nSPS) is 20.0. The van der Waals surface area contributed by atoms with Gasteiger partial charge in [-0.15, -0.1) is 11.3 Å². The van der Waals surface area contributed by atoms with Crippen molar-refractivity contribution in [2.75, 3.05) is 31.6 Å². The Balaban J connectivity index is 1.29. The Morgan fingerprint density at radius 2 is 2.03 bits per heavy atom. The molecule has 2 aliphatic rings. The molecule has 7 nitrogen and oxygen atoms in total. The number of rotatable bonds is 7.